The second-order valence-electron chi connectivity index (χ2n) is 5.41. The zero-order valence-electron chi connectivity index (χ0n) is 10.4. The fraction of sp³-hybridized carbons (Fsp3) is 0.714. The van der Waals surface area contributed by atoms with Gasteiger partial charge in [0.15, 0.2) is 0 Å². The number of rotatable bonds is 3. The van der Waals surface area contributed by atoms with Crippen LogP contribution in [0.25, 0.3) is 0 Å². The van der Waals surface area contributed by atoms with Crippen molar-refractivity contribution in [3.05, 3.63) is 22.3 Å². The van der Waals surface area contributed by atoms with Gasteiger partial charge in [0.25, 0.3) is 0 Å². The summed E-state index contributed by atoms with van der Waals surface area (Å²) in [7, 11) is 0. The van der Waals surface area contributed by atoms with Gasteiger partial charge >= 0.3 is 0 Å². The Labute approximate surface area is 93.4 Å². The maximum atomic E-state index is 6.23. The van der Waals surface area contributed by atoms with Gasteiger partial charge < -0.3 is 5.73 Å². The third kappa shape index (κ3) is 1.90. The fourth-order valence-corrected chi connectivity index (χ4v) is 2.78. The number of hydrogen-bond donors (Lipinski definition) is 1. The van der Waals surface area contributed by atoms with Crippen LogP contribution in [0.2, 0.25) is 0 Å². The summed E-state index contributed by atoms with van der Waals surface area (Å²) in [5, 5.41) is 0. The predicted octanol–water partition coefficient (Wildman–Crippen LogP) is 3.42. The van der Waals surface area contributed by atoms with Crippen LogP contribution in [-0.2, 0) is 0 Å². The van der Waals surface area contributed by atoms with Crippen LogP contribution in [0.5, 0.6) is 0 Å². The number of allylic oxidation sites excluding steroid dienone is 4. The molecule has 2 rings (SSSR count). The molecule has 1 heteroatoms. The van der Waals surface area contributed by atoms with Crippen LogP contribution in [0.4, 0.5) is 0 Å². The molecule has 0 aromatic carbocycles. The average Bonchev–Trinajstić information content (AvgIpc) is 3.02. The van der Waals surface area contributed by atoms with Crippen molar-refractivity contribution in [3.63, 3.8) is 0 Å². The molecule has 84 valence electrons. The molecule has 0 amide bonds. The average molecular weight is 205 g/mol. The Bertz CT molecular complexity index is 307. The van der Waals surface area contributed by atoms with Gasteiger partial charge in [-0.1, -0.05) is 11.1 Å². The first-order chi connectivity index (χ1) is 7.02. The molecule has 0 heterocycles. The molecule has 0 bridgehead atoms. The molecule has 2 aliphatic carbocycles. The quantitative estimate of drug-likeness (QED) is 0.750. The van der Waals surface area contributed by atoms with Gasteiger partial charge in [-0.25, -0.2) is 0 Å². The van der Waals surface area contributed by atoms with Crippen LogP contribution < -0.4 is 5.73 Å². The second kappa shape index (κ2) is 3.79. The minimum absolute atomic E-state index is 0.429. The van der Waals surface area contributed by atoms with E-state index >= 15 is 0 Å². The number of hydrogen-bond acceptors (Lipinski definition) is 1. The Morgan fingerprint density at radius 2 is 1.53 bits per heavy atom. The first-order valence-electron chi connectivity index (χ1n) is 6.13. The van der Waals surface area contributed by atoms with E-state index in [0.29, 0.717) is 12.0 Å². The molecule has 1 saturated carbocycles. The first-order valence-corrected chi connectivity index (χ1v) is 6.13. The highest BCUT2D eigenvalue weighted by Crippen LogP contribution is 2.42. The van der Waals surface area contributed by atoms with Crippen LogP contribution in [-0.4, -0.2) is 6.04 Å². The van der Waals surface area contributed by atoms with E-state index < -0.39 is 0 Å². The van der Waals surface area contributed by atoms with Crippen molar-refractivity contribution in [1.29, 1.82) is 0 Å². The first kappa shape index (κ1) is 10.9. The normalized spacial score (nSPS) is 25.4. The fourth-order valence-electron chi connectivity index (χ4n) is 2.78. The molecule has 1 fully saturated rings. The Morgan fingerprint density at radius 3 is 1.93 bits per heavy atom. The lowest BCUT2D eigenvalue weighted by Gasteiger charge is -2.19. The largest absolute Gasteiger partial charge is 0.327 e. The third-order valence-corrected chi connectivity index (χ3v) is 4.53. The highest BCUT2D eigenvalue weighted by atomic mass is 14.7. The van der Waals surface area contributed by atoms with Crippen LogP contribution in [0, 0.1) is 11.8 Å². The van der Waals surface area contributed by atoms with Crippen molar-refractivity contribution in [2.75, 3.05) is 0 Å². The summed E-state index contributed by atoms with van der Waals surface area (Å²) in [5.41, 5.74) is 12.3. The summed E-state index contributed by atoms with van der Waals surface area (Å²) in [6.45, 7) is 9.05. The van der Waals surface area contributed by atoms with Crippen LogP contribution in [0.3, 0.4) is 0 Å². The van der Waals surface area contributed by atoms with Gasteiger partial charge in [0.05, 0.1) is 0 Å². The van der Waals surface area contributed by atoms with E-state index in [1.165, 1.54) is 24.0 Å². The van der Waals surface area contributed by atoms with E-state index in [4.69, 9.17) is 5.73 Å². The molecular formula is C14H23N. The molecule has 0 radical (unpaired) electrons. The Balaban J connectivity index is 2.09. The molecule has 1 nitrogen and oxygen atoms in total. The smallest absolute Gasteiger partial charge is 0.00759 e. The van der Waals surface area contributed by atoms with E-state index in [-0.39, 0.29) is 0 Å². The Hall–Kier alpha value is -0.560. The van der Waals surface area contributed by atoms with Gasteiger partial charge in [0.1, 0.15) is 0 Å². The zero-order valence-corrected chi connectivity index (χ0v) is 10.4. The van der Waals surface area contributed by atoms with Crippen molar-refractivity contribution in [2.24, 2.45) is 17.6 Å². The highest BCUT2D eigenvalue weighted by Gasteiger charge is 2.33. The predicted molar refractivity (Wildman–Crippen MR) is 65.6 cm³/mol. The molecule has 0 spiro atoms. The second-order valence-corrected chi connectivity index (χ2v) is 5.41. The summed E-state index contributed by atoms with van der Waals surface area (Å²) < 4.78 is 0. The highest BCUT2D eigenvalue weighted by molar-refractivity contribution is 5.46. The molecule has 0 saturated heterocycles. The van der Waals surface area contributed by atoms with Gasteiger partial charge in [0.2, 0.25) is 0 Å². The lowest BCUT2D eigenvalue weighted by molar-refractivity contribution is 0.489. The summed E-state index contributed by atoms with van der Waals surface area (Å²) in [5.74, 6) is 1.47. The SMILES string of the molecule is CC1=C(C)C(CC(N)C2CC2)C(C)=C1C. The molecule has 0 aromatic rings. The monoisotopic (exact) mass is 205 g/mol. The van der Waals surface area contributed by atoms with E-state index in [2.05, 4.69) is 27.7 Å². The molecule has 1 atom stereocenters. The van der Waals surface area contributed by atoms with E-state index in [1.54, 1.807) is 11.1 Å². The van der Waals surface area contributed by atoms with Crippen LogP contribution in [0.15, 0.2) is 22.3 Å². The van der Waals surface area contributed by atoms with Crippen molar-refractivity contribution in [3.8, 4) is 0 Å². The molecule has 1 unspecified atom stereocenters. The summed E-state index contributed by atoms with van der Waals surface area (Å²) in [6.07, 6.45) is 3.88. The van der Waals surface area contributed by atoms with Crippen molar-refractivity contribution < 1.29 is 0 Å². The number of nitrogens with two attached hydrogens (primary N) is 1. The van der Waals surface area contributed by atoms with Crippen molar-refractivity contribution in [2.45, 2.75) is 53.0 Å². The molecule has 0 aromatic heterocycles. The third-order valence-electron chi connectivity index (χ3n) is 4.53. The zero-order chi connectivity index (χ0) is 11.2. The molecule has 2 N–H and O–H groups in total. The molecule has 0 aliphatic heterocycles. The van der Waals surface area contributed by atoms with E-state index in [1.807, 2.05) is 0 Å². The summed E-state index contributed by atoms with van der Waals surface area (Å²) in [6, 6.07) is 0.429. The van der Waals surface area contributed by atoms with Crippen molar-refractivity contribution in [1.82, 2.24) is 0 Å². The maximum absolute atomic E-state index is 6.23. The minimum atomic E-state index is 0.429. The van der Waals surface area contributed by atoms with Crippen LogP contribution in [0.1, 0.15) is 47.0 Å². The minimum Gasteiger partial charge on any atom is -0.327 e. The van der Waals surface area contributed by atoms with Crippen LogP contribution >= 0.6 is 0 Å². The molecule has 2 aliphatic rings. The standard InChI is InChI=1S/C14H23N/c1-8-9(2)11(4)13(10(8)3)7-14(15)12-5-6-12/h12-14H,5-7,15H2,1-4H3. The van der Waals surface area contributed by atoms with Gasteiger partial charge in [-0.3, -0.25) is 0 Å². The Kier molecular flexibility index (Phi) is 2.76. The van der Waals surface area contributed by atoms with Gasteiger partial charge in [-0.15, -0.1) is 0 Å². The Morgan fingerprint density at radius 1 is 1.07 bits per heavy atom. The summed E-state index contributed by atoms with van der Waals surface area (Å²) in [4.78, 5) is 0. The summed E-state index contributed by atoms with van der Waals surface area (Å²) >= 11 is 0. The maximum Gasteiger partial charge on any atom is 0.00759 e. The van der Waals surface area contributed by atoms with Crippen molar-refractivity contribution >= 4 is 0 Å². The van der Waals surface area contributed by atoms with Gasteiger partial charge in [-0.05, 0) is 64.0 Å². The van der Waals surface area contributed by atoms with E-state index in [0.717, 1.165) is 12.3 Å². The lowest BCUT2D eigenvalue weighted by atomic mass is 9.88. The van der Waals surface area contributed by atoms with Gasteiger partial charge in [0, 0.05) is 12.0 Å². The molecular weight excluding hydrogens is 182 g/mol. The van der Waals surface area contributed by atoms with E-state index in [9.17, 15) is 0 Å². The van der Waals surface area contributed by atoms with Gasteiger partial charge in [-0.2, -0.15) is 0 Å². The molecule has 15 heavy (non-hydrogen) atoms. The topological polar surface area (TPSA) is 26.0 Å². The lowest BCUT2D eigenvalue weighted by Crippen LogP contribution is -2.26.